The molecular weight excluding hydrogens is 619 g/mol. The number of nitrogens with zero attached hydrogens (tertiary/aromatic N) is 4. The molecule has 45 heavy (non-hydrogen) atoms. The smallest absolute Gasteiger partial charge is 0.338 e. The van der Waals surface area contributed by atoms with Gasteiger partial charge in [0.05, 0.1) is 36.1 Å². The molecule has 2 aromatic heterocycles. The minimum absolute atomic E-state index is 0.0733. The second kappa shape index (κ2) is 13.3. The van der Waals surface area contributed by atoms with Crippen molar-refractivity contribution in [1.29, 1.82) is 0 Å². The Hall–Kier alpha value is -4.35. The molecule has 0 radical (unpaired) electrons. The van der Waals surface area contributed by atoms with E-state index in [1.807, 2.05) is 37.3 Å². The van der Waals surface area contributed by atoms with Gasteiger partial charge in [-0.15, -0.1) is 0 Å². The second-order valence-corrected chi connectivity index (χ2v) is 11.5. The number of halogens is 2. The van der Waals surface area contributed by atoms with E-state index in [1.54, 1.807) is 65.2 Å². The Morgan fingerprint density at radius 1 is 0.889 bits per heavy atom. The van der Waals surface area contributed by atoms with E-state index in [4.69, 9.17) is 42.1 Å². The zero-order valence-corrected chi connectivity index (χ0v) is 25.6. The molecular formula is C33H28Cl2N4O6. The van der Waals surface area contributed by atoms with Crippen LogP contribution in [0.2, 0.25) is 10.4 Å². The van der Waals surface area contributed by atoms with Gasteiger partial charge in [0.25, 0.3) is 0 Å². The normalized spacial score (nSPS) is 21.1. The molecule has 1 fully saturated rings. The average molecular weight is 648 g/mol. The van der Waals surface area contributed by atoms with Crippen LogP contribution in [-0.4, -0.2) is 56.9 Å². The number of esters is 2. The molecule has 0 aliphatic carbocycles. The molecule has 12 heteroatoms. The van der Waals surface area contributed by atoms with E-state index in [0.29, 0.717) is 28.9 Å². The van der Waals surface area contributed by atoms with Gasteiger partial charge in [0, 0.05) is 0 Å². The van der Waals surface area contributed by atoms with Gasteiger partial charge in [-0.1, -0.05) is 78.3 Å². The number of hydrogen-bond donors (Lipinski definition) is 0. The molecule has 3 aromatic carbocycles. The summed E-state index contributed by atoms with van der Waals surface area (Å²) in [6, 6.07) is 26.9. The van der Waals surface area contributed by atoms with Crippen LogP contribution in [0.25, 0.3) is 11.2 Å². The maximum Gasteiger partial charge on any atom is 0.338 e. The van der Waals surface area contributed by atoms with Gasteiger partial charge in [-0.3, -0.25) is 4.57 Å². The third kappa shape index (κ3) is 6.55. The van der Waals surface area contributed by atoms with Crippen molar-refractivity contribution in [3.05, 3.63) is 124 Å². The fourth-order valence-corrected chi connectivity index (χ4v) is 5.82. The largest absolute Gasteiger partial charge is 0.459 e. The summed E-state index contributed by atoms with van der Waals surface area (Å²) < 4.78 is 26.4. The van der Waals surface area contributed by atoms with Gasteiger partial charge in [-0.25, -0.2) is 19.6 Å². The SMILES string of the molecule is CC1(COCc2ccccc2)C(OC(=O)c2ccccc2)[C@@H](COC(=O)c2ccccc2)O[C@@H]1n1cnc2c(Cl)nc(Cl)nc21. The van der Waals surface area contributed by atoms with Crippen molar-refractivity contribution in [2.45, 2.75) is 32.0 Å². The third-order valence-electron chi connectivity index (χ3n) is 7.62. The Morgan fingerprint density at radius 3 is 2.18 bits per heavy atom. The minimum Gasteiger partial charge on any atom is -0.459 e. The minimum atomic E-state index is -1.05. The fourth-order valence-electron chi connectivity index (χ4n) is 5.40. The molecule has 230 valence electrons. The van der Waals surface area contributed by atoms with Crippen LogP contribution < -0.4 is 0 Å². The Kier molecular flexibility index (Phi) is 9.09. The Balaban J connectivity index is 1.37. The van der Waals surface area contributed by atoms with E-state index in [-0.39, 0.29) is 23.7 Å². The first-order chi connectivity index (χ1) is 21.8. The maximum atomic E-state index is 13.5. The van der Waals surface area contributed by atoms with E-state index in [1.165, 1.54) is 6.33 Å². The number of aromatic nitrogens is 4. The fraction of sp³-hybridized carbons (Fsp3) is 0.242. The lowest BCUT2D eigenvalue weighted by molar-refractivity contribution is -0.0763. The summed E-state index contributed by atoms with van der Waals surface area (Å²) >= 11 is 12.5. The summed E-state index contributed by atoms with van der Waals surface area (Å²) in [5, 5.41) is -0.00107. The number of imidazole rings is 1. The van der Waals surface area contributed by atoms with E-state index >= 15 is 0 Å². The summed E-state index contributed by atoms with van der Waals surface area (Å²) in [6.45, 7) is 2.03. The molecule has 4 atom stereocenters. The first-order valence-corrected chi connectivity index (χ1v) is 14.9. The number of fused-ring (bicyclic) bond motifs is 1. The third-order valence-corrected chi connectivity index (χ3v) is 8.05. The zero-order chi connectivity index (χ0) is 31.4. The molecule has 0 amide bonds. The van der Waals surface area contributed by atoms with E-state index in [0.717, 1.165) is 5.56 Å². The number of ether oxygens (including phenoxy) is 4. The predicted octanol–water partition coefficient (Wildman–Crippen LogP) is 6.34. The summed E-state index contributed by atoms with van der Waals surface area (Å²) in [7, 11) is 0. The van der Waals surface area contributed by atoms with Crippen LogP contribution in [0.4, 0.5) is 0 Å². The van der Waals surface area contributed by atoms with Crippen LogP contribution in [0, 0.1) is 5.41 Å². The zero-order valence-electron chi connectivity index (χ0n) is 24.1. The molecule has 0 saturated carbocycles. The van der Waals surface area contributed by atoms with Crippen LogP contribution in [0.15, 0.2) is 97.3 Å². The van der Waals surface area contributed by atoms with Crippen molar-refractivity contribution in [2.75, 3.05) is 13.2 Å². The molecule has 1 aliphatic rings. The highest BCUT2D eigenvalue weighted by molar-refractivity contribution is 6.35. The van der Waals surface area contributed by atoms with Crippen LogP contribution in [0.1, 0.15) is 39.4 Å². The molecule has 0 N–H and O–H groups in total. The lowest BCUT2D eigenvalue weighted by Gasteiger charge is -2.35. The Morgan fingerprint density at radius 2 is 1.51 bits per heavy atom. The van der Waals surface area contributed by atoms with Crippen molar-refractivity contribution < 1.29 is 28.5 Å². The van der Waals surface area contributed by atoms with Crippen molar-refractivity contribution in [1.82, 2.24) is 19.5 Å². The van der Waals surface area contributed by atoms with Crippen LogP contribution >= 0.6 is 23.2 Å². The van der Waals surface area contributed by atoms with Gasteiger partial charge in [-0.2, -0.15) is 4.98 Å². The lowest BCUT2D eigenvalue weighted by Crippen LogP contribution is -2.45. The number of benzene rings is 3. The van der Waals surface area contributed by atoms with Gasteiger partial charge in [0.2, 0.25) is 5.28 Å². The van der Waals surface area contributed by atoms with E-state index in [2.05, 4.69) is 15.0 Å². The summed E-state index contributed by atoms with van der Waals surface area (Å²) in [5.74, 6) is -1.11. The molecule has 0 spiro atoms. The quantitative estimate of drug-likeness (QED) is 0.0974. The van der Waals surface area contributed by atoms with Crippen LogP contribution in [-0.2, 0) is 25.6 Å². The van der Waals surface area contributed by atoms with Gasteiger partial charge in [0.15, 0.2) is 10.8 Å². The summed E-state index contributed by atoms with van der Waals surface area (Å²) in [5.41, 5.74) is 1.26. The first kappa shape index (κ1) is 30.7. The van der Waals surface area contributed by atoms with Crippen molar-refractivity contribution >= 4 is 46.3 Å². The molecule has 1 saturated heterocycles. The molecule has 2 unspecified atom stereocenters. The van der Waals surface area contributed by atoms with Crippen LogP contribution in [0.5, 0.6) is 0 Å². The number of rotatable bonds is 10. The van der Waals surface area contributed by atoms with Crippen molar-refractivity contribution in [2.24, 2.45) is 5.41 Å². The second-order valence-electron chi connectivity index (χ2n) is 10.8. The van der Waals surface area contributed by atoms with Crippen molar-refractivity contribution in [3.63, 3.8) is 0 Å². The molecule has 6 rings (SSSR count). The number of carbonyl (C=O) groups is 2. The van der Waals surface area contributed by atoms with E-state index < -0.39 is 35.8 Å². The molecule has 10 nitrogen and oxygen atoms in total. The van der Waals surface area contributed by atoms with Gasteiger partial charge < -0.3 is 18.9 Å². The van der Waals surface area contributed by atoms with Gasteiger partial charge in [0.1, 0.15) is 30.6 Å². The molecule has 0 bridgehead atoms. The summed E-state index contributed by atoms with van der Waals surface area (Å²) in [6.07, 6.45) is -1.20. The van der Waals surface area contributed by atoms with Gasteiger partial charge >= 0.3 is 11.9 Å². The van der Waals surface area contributed by atoms with Crippen LogP contribution in [0.3, 0.4) is 0 Å². The molecule has 5 aromatic rings. The lowest BCUT2D eigenvalue weighted by atomic mass is 9.82. The number of carbonyl (C=O) groups excluding carboxylic acids is 2. The first-order valence-electron chi connectivity index (χ1n) is 14.1. The standard InChI is InChI=1S/C33H28Cl2N4O6/c1-33(19-42-17-21-11-5-2-6-12-21)26(45-30(41)23-15-9-4-10-16-23)24(18-43-29(40)22-13-7-3-8-14-22)44-31(33)39-20-36-25-27(34)37-32(35)38-28(25)39/h2-16,20,24,26,31H,17-19H2,1H3/t24-,26?,31+,33?/m1/s1. The monoisotopic (exact) mass is 646 g/mol. The Bertz CT molecular complexity index is 1790. The highest BCUT2D eigenvalue weighted by Crippen LogP contribution is 2.49. The van der Waals surface area contributed by atoms with E-state index in [9.17, 15) is 9.59 Å². The van der Waals surface area contributed by atoms with Gasteiger partial charge in [-0.05, 0) is 48.4 Å². The summed E-state index contributed by atoms with van der Waals surface area (Å²) in [4.78, 5) is 39.2. The Labute approximate surface area is 268 Å². The topological polar surface area (TPSA) is 115 Å². The molecule has 3 heterocycles. The maximum absolute atomic E-state index is 13.5. The van der Waals surface area contributed by atoms with Crippen molar-refractivity contribution in [3.8, 4) is 0 Å². The highest BCUT2D eigenvalue weighted by atomic mass is 35.5. The molecule has 1 aliphatic heterocycles. The average Bonchev–Trinajstić information content (AvgIpc) is 3.59. The number of hydrogen-bond acceptors (Lipinski definition) is 9. The highest BCUT2D eigenvalue weighted by Gasteiger charge is 2.58. The predicted molar refractivity (Wildman–Crippen MR) is 166 cm³/mol.